The zero-order valence-corrected chi connectivity index (χ0v) is 17.0. The van der Waals surface area contributed by atoms with E-state index in [1.165, 1.54) is 23.4 Å². The lowest BCUT2D eigenvalue weighted by atomic mass is 9.76. The monoisotopic (exact) mass is 384 g/mol. The van der Waals surface area contributed by atoms with Crippen molar-refractivity contribution in [2.24, 2.45) is 5.41 Å². The average molecular weight is 385 g/mol. The normalized spacial score (nSPS) is 22.4. The summed E-state index contributed by atoms with van der Waals surface area (Å²) in [7, 11) is 0. The molecule has 0 aliphatic carbocycles. The molecule has 2 fully saturated rings. The summed E-state index contributed by atoms with van der Waals surface area (Å²) in [5, 5.41) is 0. The number of amides is 1. The first-order valence-corrected chi connectivity index (χ1v) is 10.7. The van der Waals surface area contributed by atoms with E-state index in [-0.39, 0.29) is 17.4 Å². The van der Waals surface area contributed by atoms with Crippen molar-refractivity contribution in [3.63, 3.8) is 0 Å². The van der Waals surface area contributed by atoms with Crippen molar-refractivity contribution >= 4 is 17.2 Å². The molecule has 2 aliphatic heterocycles. The van der Waals surface area contributed by atoms with Crippen molar-refractivity contribution in [1.82, 2.24) is 19.8 Å². The molecule has 2 aromatic rings. The Morgan fingerprint density at radius 1 is 1.30 bits per heavy atom. The van der Waals surface area contributed by atoms with Crippen LogP contribution in [0.15, 0.2) is 29.9 Å². The number of piperidine rings is 1. The molecule has 4 rings (SSSR count). The second-order valence-corrected chi connectivity index (χ2v) is 9.11. The van der Waals surface area contributed by atoms with Crippen molar-refractivity contribution in [1.29, 1.82) is 0 Å². The lowest BCUT2D eigenvalue weighted by Crippen LogP contribution is -2.41. The maximum Gasteiger partial charge on any atom is 0.219 e. The fourth-order valence-corrected chi connectivity index (χ4v) is 5.52. The molecule has 1 amide bonds. The van der Waals surface area contributed by atoms with Crippen LogP contribution in [0, 0.1) is 12.3 Å². The number of hydrogen-bond acceptors (Lipinski definition) is 5. The Balaban J connectivity index is 1.40. The summed E-state index contributed by atoms with van der Waals surface area (Å²) in [6.45, 7) is 7.96. The van der Waals surface area contributed by atoms with Crippen molar-refractivity contribution in [3.8, 4) is 0 Å². The van der Waals surface area contributed by atoms with Crippen molar-refractivity contribution < 1.29 is 4.79 Å². The molecule has 4 heterocycles. The standard InChI is InChI=1S/C21H28N4OS/c1-16-20(27-15-23-16)13-24-9-6-21(7-10-24)12-19(25(14-21)17(2)26)11-18-5-3-4-8-22-18/h3-5,8,15,19H,6-7,9-14H2,1-2H3. The summed E-state index contributed by atoms with van der Waals surface area (Å²) in [5.74, 6) is 0.204. The van der Waals surface area contributed by atoms with Gasteiger partial charge in [0.05, 0.1) is 11.2 Å². The number of aryl methyl sites for hydroxylation is 1. The number of hydrogen-bond donors (Lipinski definition) is 0. The molecule has 144 valence electrons. The Labute approximate surface area is 165 Å². The molecule has 2 aromatic heterocycles. The molecule has 0 saturated carbocycles. The molecule has 6 heteroatoms. The summed E-state index contributed by atoms with van der Waals surface area (Å²) < 4.78 is 0. The molecule has 2 saturated heterocycles. The highest BCUT2D eigenvalue weighted by molar-refractivity contribution is 7.09. The van der Waals surface area contributed by atoms with Crippen LogP contribution in [-0.2, 0) is 17.8 Å². The minimum atomic E-state index is 0.204. The molecule has 1 atom stereocenters. The third-order valence-corrected chi connectivity index (χ3v) is 7.24. The van der Waals surface area contributed by atoms with E-state index in [2.05, 4.69) is 32.8 Å². The zero-order chi connectivity index (χ0) is 18.9. The van der Waals surface area contributed by atoms with E-state index >= 15 is 0 Å². The van der Waals surface area contributed by atoms with Gasteiger partial charge in [-0.2, -0.15) is 0 Å². The SMILES string of the molecule is CC(=O)N1CC2(CCN(Cc3scnc3C)CC2)CC1Cc1ccccn1. The summed E-state index contributed by atoms with van der Waals surface area (Å²) in [4.78, 5) is 27.2. The van der Waals surface area contributed by atoms with Gasteiger partial charge in [0.2, 0.25) is 5.91 Å². The Morgan fingerprint density at radius 2 is 2.11 bits per heavy atom. The average Bonchev–Trinajstić information content (AvgIpc) is 3.22. The third kappa shape index (κ3) is 4.06. The Kier molecular flexibility index (Phi) is 5.28. The van der Waals surface area contributed by atoms with Crippen LogP contribution >= 0.6 is 11.3 Å². The highest BCUT2D eigenvalue weighted by Gasteiger charge is 2.46. The van der Waals surface area contributed by atoms with Crippen LogP contribution in [0.4, 0.5) is 0 Å². The summed E-state index contributed by atoms with van der Waals surface area (Å²) >= 11 is 1.76. The number of carbonyl (C=O) groups excluding carboxylic acids is 1. The molecule has 0 aromatic carbocycles. The van der Waals surface area contributed by atoms with Crippen LogP contribution in [0.5, 0.6) is 0 Å². The predicted octanol–water partition coefficient (Wildman–Crippen LogP) is 3.29. The number of nitrogens with zero attached hydrogens (tertiary/aromatic N) is 4. The largest absolute Gasteiger partial charge is 0.339 e. The van der Waals surface area contributed by atoms with Gasteiger partial charge in [-0.3, -0.25) is 14.7 Å². The topological polar surface area (TPSA) is 49.3 Å². The van der Waals surface area contributed by atoms with E-state index in [4.69, 9.17) is 0 Å². The third-order valence-electron chi connectivity index (χ3n) is 6.32. The molecular weight excluding hydrogens is 356 g/mol. The van der Waals surface area contributed by atoms with Gasteiger partial charge in [0.25, 0.3) is 0 Å². The number of pyridine rings is 1. The highest BCUT2D eigenvalue weighted by atomic mass is 32.1. The first-order chi connectivity index (χ1) is 13.0. The first-order valence-electron chi connectivity index (χ1n) is 9.83. The molecule has 0 N–H and O–H groups in total. The lowest BCUT2D eigenvalue weighted by molar-refractivity contribution is -0.130. The van der Waals surface area contributed by atoms with Gasteiger partial charge >= 0.3 is 0 Å². The van der Waals surface area contributed by atoms with Gasteiger partial charge in [-0.15, -0.1) is 11.3 Å². The van der Waals surface area contributed by atoms with Gasteiger partial charge in [0.15, 0.2) is 0 Å². The Morgan fingerprint density at radius 3 is 2.74 bits per heavy atom. The second-order valence-electron chi connectivity index (χ2n) is 8.17. The van der Waals surface area contributed by atoms with Gasteiger partial charge in [-0.25, -0.2) is 4.98 Å². The van der Waals surface area contributed by atoms with E-state index in [0.717, 1.165) is 44.7 Å². The quantitative estimate of drug-likeness (QED) is 0.812. The molecule has 27 heavy (non-hydrogen) atoms. The smallest absolute Gasteiger partial charge is 0.219 e. The van der Waals surface area contributed by atoms with Crippen LogP contribution < -0.4 is 0 Å². The van der Waals surface area contributed by atoms with Gasteiger partial charge in [-0.1, -0.05) is 6.07 Å². The van der Waals surface area contributed by atoms with Crippen molar-refractivity contribution in [3.05, 3.63) is 46.2 Å². The van der Waals surface area contributed by atoms with Crippen LogP contribution in [0.1, 0.15) is 42.5 Å². The van der Waals surface area contributed by atoms with E-state index in [9.17, 15) is 4.79 Å². The predicted molar refractivity (Wildman–Crippen MR) is 108 cm³/mol. The number of thiazole rings is 1. The van der Waals surface area contributed by atoms with E-state index in [0.29, 0.717) is 0 Å². The molecule has 2 aliphatic rings. The second kappa shape index (κ2) is 7.68. The molecule has 1 unspecified atom stereocenters. The Bertz CT molecular complexity index is 782. The maximum absolute atomic E-state index is 12.3. The molecule has 0 radical (unpaired) electrons. The maximum atomic E-state index is 12.3. The van der Waals surface area contributed by atoms with Crippen molar-refractivity contribution in [2.75, 3.05) is 19.6 Å². The molecule has 1 spiro atoms. The van der Waals surface area contributed by atoms with Gasteiger partial charge in [0, 0.05) is 49.2 Å². The first kappa shape index (κ1) is 18.6. The van der Waals surface area contributed by atoms with Gasteiger partial charge in [-0.05, 0) is 56.8 Å². The van der Waals surface area contributed by atoms with E-state index < -0.39 is 0 Å². The summed E-state index contributed by atoms with van der Waals surface area (Å²) in [5.41, 5.74) is 4.48. The minimum absolute atomic E-state index is 0.204. The van der Waals surface area contributed by atoms with Crippen LogP contribution in [0.2, 0.25) is 0 Å². The fourth-order valence-electron chi connectivity index (χ4n) is 4.70. The fraction of sp³-hybridized carbons (Fsp3) is 0.571. The number of rotatable bonds is 4. The number of aromatic nitrogens is 2. The van der Waals surface area contributed by atoms with E-state index in [1.54, 1.807) is 18.3 Å². The van der Waals surface area contributed by atoms with Crippen molar-refractivity contribution in [2.45, 2.75) is 52.1 Å². The van der Waals surface area contributed by atoms with Crippen LogP contribution in [-0.4, -0.2) is 51.4 Å². The summed E-state index contributed by atoms with van der Waals surface area (Å²) in [6, 6.07) is 6.34. The zero-order valence-electron chi connectivity index (χ0n) is 16.2. The van der Waals surface area contributed by atoms with E-state index in [1.807, 2.05) is 23.8 Å². The minimum Gasteiger partial charge on any atom is -0.339 e. The number of carbonyl (C=O) groups is 1. The molecular formula is C21H28N4OS. The summed E-state index contributed by atoms with van der Waals surface area (Å²) in [6.07, 6.45) is 6.17. The van der Waals surface area contributed by atoms with Gasteiger partial charge in [0.1, 0.15) is 0 Å². The molecule has 5 nitrogen and oxygen atoms in total. The Hall–Kier alpha value is -1.79. The molecule has 0 bridgehead atoms. The highest BCUT2D eigenvalue weighted by Crippen LogP contribution is 2.44. The van der Waals surface area contributed by atoms with Crippen LogP contribution in [0.3, 0.4) is 0 Å². The van der Waals surface area contributed by atoms with Crippen LogP contribution in [0.25, 0.3) is 0 Å². The van der Waals surface area contributed by atoms with Gasteiger partial charge < -0.3 is 4.90 Å². The lowest BCUT2D eigenvalue weighted by Gasteiger charge is -2.39. The number of likely N-dealkylation sites (tertiary alicyclic amines) is 2.